The van der Waals surface area contributed by atoms with Crippen molar-refractivity contribution in [2.75, 3.05) is 5.32 Å². The van der Waals surface area contributed by atoms with Crippen molar-refractivity contribution in [2.45, 2.75) is 6.92 Å². The Bertz CT molecular complexity index is 660. The molecule has 0 aromatic heterocycles. The van der Waals surface area contributed by atoms with Crippen LogP contribution >= 0.6 is 0 Å². The Labute approximate surface area is 104 Å². The highest BCUT2D eigenvalue weighted by molar-refractivity contribution is 6.51. The highest BCUT2D eigenvalue weighted by Crippen LogP contribution is 2.34. The Morgan fingerprint density at radius 1 is 0.889 bits per heavy atom. The van der Waals surface area contributed by atoms with Crippen LogP contribution in [-0.2, 0) is 4.79 Å². The molecule has 2 aromatic carbocycles. The average Bonchev–Trinajstić information content (AvgIpc) is 2.69. The summed E-state index contributed by atoms with van der Waals surface area (Å²) in [5.41, 5.74) is 4.15. The Hall–Kier alpha value is -2.42. The zero-order valence-electron chi connectivity index (χ0n) is 9.86. The van der Waals surface area contributed by atoms with Crippen molar-refractivity contribution >= 4 is 17.4 Å². The maximum Gasteiger partial charge on any atom is 0.296 e. The third-order valence-electron chi connectivity index (χ3n) is 3.24. The van der Waals surface area contributed by atoms with Gasteiger partial charge in [-0.15, -0.1) is 0 Å². The van der Waals surface area contributed by atoms with Crippen LogP contribution in [-0.4, -0.2) is 11.7 Å². The molecular formula is C15H11NO2. The van der Waals surface area contributed by atoms with E-state index in [9.17, 15) is 9.59 Å². The number of hydrogen-bond donors (Lipinski definition) is 1. The summed E-state index contributed by atoms with van der Waals surface area (Å²) >= 11 is 0. The van der Waals surface area contributed by atoms with Crippen molar-refractivity contribution in [2.24, 2.45) is 0 Å². The second-order valence-corrected chi connectivity index (χ2v) is 4.31. The van der Waals surface area contributed by atoms with E-state index in [0.717, 1.165) is 16.7 Å². The van der Waals surface area contributed by atoms with Crippen molar-refractivity contribution in [3.63, 3.8) is 0 Å². The number of hydrogen-bond acceptors (Lipinski definition) is 2. The van der Waals surface area contributed by atoms with Gasteiger partial charge in [-0.25, -0.2) is 0 Å². The summed E-state index contributed by atoms with van der Waals surface area (Å²) in [5.74, 6) is -0.994. The Balaban J connectivity index is 2.20. The fourth-order valence-corrected chi connectivity index (χ4v) is 2.29. The van der Waals surface area contributed by atoms with E-state index in [1.54, 1.807) is 6.07 Å². The van der Waals surface area contributed by atoms with Crippen LogP contribution in [0.1, 0.15) is 15.9 Å². The number of nitrogens with one attached hydrogen (secondary N) is 1. The van der Waals surface area contributed by atoms with E-state index in [2.05, 4.69) is 5.32 Å². The molecular weight excluding hydrogens is 226 g/mol. The number of anilines is 1. The van der Waals surface area contributed by atoms with Crippen molar-refractivity contribution in [1.29, 1.82) is 0 Å². The molecule has 18 heavy (non-hydrogen) atoms. The summed E-state index contributed by atoms with van der Waals surface area (Å²) in [4.78, 5) is 23.0. The number of carbonyl (C=O) groups is 2. The molecule has 1 aliphatic heterocycles. The largest absolute Gasteiger partial charge is 0.318 e. The maximum atomic E-state index is 11.6. The standard InChI is InChI=1S/C15H11NO2/c1-9-11(10-5-3-2-4-6-10)7-8-12-13(9)16-15(18)14(12)17/h2-8H,1H3,(H,16,17,18). The zero-order valence-corrected chi connectivity index (χ0v) is 9.86. The molecule has 0 radical (unpaired) electrons. The summed E-state index contributed by atoms with van der Waals surface area (Å²) in [7, 11) is 0. The van der Waals surface area contributed by atoms with E-state index in [-0.39, 0.29) is 0 Å². The third kappa shape index (κ3) is 1.44. The van der Waals surface area contributed by atoms with Crippen molar-refractivity contribution in [3.05, 3.63) is 53.6 Å². The SMILES string of the molecule is Cc1c(-c2ccccc2)ccc2c1NC(=O)C2=O. The molecule has 1 N–H and O–H groups in total. The number of fused-ring (bicyclic) bond motifs is 1. The lowest BCUT2D eigenvalue weighted by Crippen LogP contribution is -2.12. The topological polar surface area (TPSA) is 46.2 Å². The van der Waals surface area contributed by atoms with Gasteiger partial charge in [0.15, 0.2) is 0 Å². The van der Waals surface area contributed by atoms with Gasteiger partial charge < -0.3 is 5.32 Å². The molecule has 0 fully saturated rings. The monoisotopic (exact) mass is 237 g/mol. The molecule has 88 valence electrons. The third-order valence-corrected chi connectivity index (χ3v) is 3.24. The minimum absolute atomic E-state index is 0.451. The second kappa shape index (κ2) is 3.81. The Kier molecular flexibility index (Phi) is 2.27. The summed E-state index contributed by atoms with van der Waals surface area (Å²) in [6.45, 7) is 1.92. The Morgan fingerprint density at radius 3 is 2.28 bits per heavy atom. The van der Waals surface area contributed by atoms with Crippen LogP contribution in [0.5, 0.6) is 0 Å². The van der Waals surface area contributed by atoms with Gasteiger partial charge in [-0.3, -0.25) is 9.59 Å². The van der Waals surface area contributed by atoms with Gasteiger partial charge in [-0.05, 0) is 29.7 Å². The van der Waals surface area contributed by atoms with Gasteiger partial charge >= 0.3 is 0 Å². The normalized spacial score (nSPS) is 13.4. The summed E-state index contributed by atoms with van der Waals surface area (Å²) < 4.78 is 0. The Morgan fingerprint density at radius 2 is 1.56 bits per heavy atom. The molecule has 0 bridgehead atoms. The van der Waals surface area contributed by atoms with Crippen LogP contribution in [0, 0.1) is 6.92 Å². The van der Waals surface area contributed by atoms with Crippen molar-refractivity contribution in [3.8, 4) is 11.1 Å². The summed E-state index contributed by atoms with van der Waals surface area (Å²) in [6.07, 6.45) is 0. The summed E-state index contributed by atoms with van der Waals surface area (Å²) in [6, 6.07) is 13.5. The van der Waals surface area contributed by atoms with E-state index in [0.29, 0.717) is 11.3 Å². The first kappa shape index (κ1) is 10.7. The lowest BCUT2D eigenvalue weighted by atomic mass is 9.96. The lowest BCUT2D eigenvalue weighted by molar-refractivity contribution is -0.112. The van der Waals surface area contributed by atoms with Gasteiger partial charge in [-0.1, -0.05) is 36.4 Å². The van der Waals surface area contributed by atoms with Crippen LogP contribution in [0.2, 0.25) is 0 Å². The first-order valence-corrected chi connectivity index (χ1v) is 5.73. The van der Waals surface area contributed by atoms with Gasteiger partial charge in [0.2, 0.25) is 0 Å². The lowest BCUT2D eigenvalue weighted by Gasteiger charge is -2.09. The molecule has 1 heterocycles. The van der Waals surface area contributed by atoms with Crippen molar-refractivity contribution in [1.82, 2.24) is 0 Å². The average molecular weight is 237 g/mol. The fourth-order valence-electron chi connectivity index (χ4n) is 2.29. The molecule has 0 unspecified atom stereocenters. The van der Waals surface area contributed by atoms with E-state index >= 15 is 0 Å². The molecule has 3 heteroatoms. The molecule has 0 spiro atoms. The number of ketones is 1. The molecule has 1 aliphatic rings. The van der Waals surface area contributed by atoms with Gasteiger partial charge in [-0.2, -0.15) is 0 Å². The minimum Gasteiger partial charge on any atom is -0.318 e. The van der Waals surface area contributed by atoms with Crippen LogP contribution in [0.4, 0.5) is 5.69 Å². The first-order chi connectivity index (χ1) is 8.68. The van der Waals surface area contributed by atoms with Crippen LogP contribution in [0.3, 0.4) is 0 Å². The predicted molar refractivity (Wildman–Crippen MR) is 69.6 cm³/mol. The molecule has 0 saturated heterocycles. The van der Waals surface area contributed by atoms with Crippen molar-refractivity contribution < 1.29 is 9.59 Å². The highest BCUT2D eigenvalue weighted by Gasteiger charge is 2.29. The molecule has 3 nitrogen and oxygen atoms in total. The molecule has 0 aliphatic carbocycles. The number of carbonyl (C=O) groups excluding carboxylic acids is 2. The molecule has 0 saturated carbocycles. The van der Waals surface area contributed by atoms with Gasteiger partial charge in [0.05, 0.1) is 11.3 Å². The summed E-state index contributed by atoms with van der Waals surface area (Å²) in [5, 5.41) is 2.64. The van der Waals surface area contributed by atoms with Crippen LogP contribution < -0.4 is 5.32 Å². The minimum atomic E-state index is -0.543. The van der Waals surface area contributed by atoms with Crippen LogP contribution in [0.15, 0.2) is 42.5 Å². The first-order valence-electron chi connectivity index (χ1n) is 5.73. The molecule has 1 amide bonds. The molecule has 3 rings (SSSR count). The fraction of sp³-hybridized carbons (Fsp3) is 0.0667. The maximum absolute atomic E-state index is 11.6. The predicted octanol–water partition coefficient (Wildman–Crippen LogP) is 2.80. The van der Waals surface area contributed by atoms with Gasteiger partial charge in [0, 0.05) is 0 Å². The molecule has 2 aromatic rings. The number of rotatable bonds is 1. The van der Waals surface area contributed by atoms with E-state index in [1.165, 1.54) is 0 Å². The molecule has 0 atom stereocenters. The number of Topliss-reactive ketones (excluding diaryl/α,β-unsaturated/α-hetero) is 1. The van der Waals surface area contributed by atoms with Crippen LogP contribution in [0.25, 0.3) is 11.1 Å². The number of amides is 1. The van der Waals surface area contributed by atoms with E-state index < -0.39 is 11.7 Å². The van der Waals surface area contributed by atoms with E-state index in [1.807, 2.05) is 43.3 Å². The quantitative estimate of drug-likeness (QED) is 0.775. The van der Waals surface area contributed by atoms with Gasteiger partial charge in [0.1, 0.15) is 0 Å². The smallest absolute Gasteiger partial charge is 0.296 e. The van der Waals surface area contributed by atoms with Gasteiger partial charge in [0.25, 0.3) is 11.7 Å². The zero-order chi connectivity index (χ0) is 12.7. The van der Waals surface area contributed by atoms with E-state index in [4.69, 9.17) is 0 Å². The highest BCUT2D eigenvalue weighted by atomic mass is 16.2. The number of benzene rings is 2. The second-order valence-electron chi connectivity index (χ2n) is 4.31.